The molecule has 0 saturated heterocycles. The summed E-state index contributed by atoms with van der Waals surface area (Å²) in [6.45, 7) is 3.68. The van der Waals surface area contributed by atoms with Gasteiger partial charge in [-0.1, -0.05) is 37.1 Å². The fourth-order valence-corrected chi connectivity index (χ4v) is 4.77. The van der Waals surface area contributed by atoms with E-state index >= 15 is 0 Å². The Kier molecular flexibility index (Phi) is 3.95. The molecule has 0 heterocycles. The van der Waals surface area contributed by atoms with Crippen molar-refractivity contribution in [3.8, 4) is 0 Å². The van der Waals surface area contributed by atoms with Crippen molar-refractivity contribution in [2.75, 3.05) is 0 Å². The van der Waals surface area contributed by atoms with Crippen molar-refractivity contribution in [1.82, 2.24) is 0 Å². The van der Waals surface area contributed by atoms with Crippen LogP contribution >= 0.6 is 7.60 Å². The SMILES string of the molecule is C=CC1CCCCC1(c1ccccc1F)P(=O)(O)O. The van der Waals surface area contributed by atoms with Gasteiger partial charge in [-0.25, -0.2) is 4.39 Å². The lowest BCUT2D eigenvalue weighted by molar-refractivity contribution is 0.236. The van der Waals surface area contributed by atoms with Crippen LogP contribution in [-0.4, -0.2) is 9.79 Å². The van der Waals surface area contributed by atoms with Gasteiger partial charge in [-0.15, -0.1) is 6.58 Å². The van der Waals surface area contributed by atoms with Gasteiger partial charge in [-0.3, -0.25) is 4.57 Å². The van der Waals surface area contributed by atoms with Gasteiger partial charge in [-0.05, 0) is 24.8 Å². The molecule has 1 aromatic rings. The smallest absolute Gasteiger partial charge is 0.324 e. The Balaban J connectivity index is 2.68. The van der Waals surface area contributed by atoms with Crippen LogP contribution in [0.25, 0.3) is 0 Å². The van der Waals surface area contributed by atoms with Gasteiger partial charge in [0.2, 0.25) is 0 Å². The first-order chi connectivity index (χ1) is 8.93. The number of benzene rings is 1. The van der Waals surface area contributed by atoms with Crippen LogP contribution in [0, 0.1) is 11.7 Å². The van der Waals surface area contributed by atoms with Gasteiger partial charge in [0.15, 0.2) is 0 Å². The van der Waals surface area contributed by atoms with Gasteiger partial charge in [0.1, 0.15) is 11.0 Å². The minimum absolute atomic E-state index is 0.118. The zero-order chi connectivity index (χ0) is 14.1. The summed E-state index contributed by atoms with van der Waals surface area (Å²) >= 11 is 0. The van der Waals surface area contributed by atoms with Gasteiger partial charge in [0, 0.05) is 5.56 Å². The molecule has 1 aromatic carbocycles. The monoisotopic (exact) mass is 284 g/mol. The van der Waals surface area contributed by atoms with Gasteiger partial charge < -0.3 is 9.79 Å². The first-order valence-electron chi connectivity index (χ1n) is 6.36. The molecule has 1 aliphatic rings. The summed E-state index contributed by atoms with van der Waals surface area (Å²) in [4.78, 5) is 19.7. The summed E-state index contributed by atoms with van der Waals surface area (Å²) in [7, 11) is -4.50. The average Bonchev–Trinajstić information content (AvgIpc) is 2.38. The molecule has 0 radical (unpaired) electrons. The second kappa shape index (κ2) is 5.20. The van der Waals surface area contributed by atoms with Crippen molar-refractivity contribution in [1.29, 1.82) is 0 Å². The highest BCUT2D eigenvalue weighted by Crippen LogP contribution is 2.66. The topological polar surface area (TPSA) is 57.5 Å². The molecule has 2 N–H and O–H groups in total. The van der Waals surface area contributed by atoms with Crippen LogP contribution in [0.1, 0.15) is 31.2 Å². The van der Waals surface area contributed by atoms with Crippen LogP contribution in [-0.2, 0) is 9.72 Å². The Labute approximate surface area is 112 Å². The predicted molar refractivity (Wildman–Crippen MR) is 72.3 cm³/mol. The van der Waals surface area contributed by atoms with Crippen LogP contribution in [0.15, 0.2) is 36.9 Å². The highest BCUT2D eigenvalue weighted by Gasteiger charge is 2.54. The number of rotatable bonds is 3. The molecule has 0 spiro atoms. The van der Waals surface area contributed by atoms with E-state index in [9.17, 15) is 18.7 Å². The molecule has 1 saturated carbocycles. The number of hydrogen-bond acceptors (Lipinski definition) is 1. The van der Waals surface area contributed by atoms with Gasteiger partial charge in [0.25, 0.3) is 0 Å². The molecule has 0 bridgehead atoms. The molecule has 3 nitrogen and oxygen atoms in total. The third kappa shape index (κ3) is 2.29. The van der Waals surface area contributed by atoms with E-state index in [2.05, 4.69) is 6.58 Å². The van der Waals surface area contributed by atoms with Crippen molar-refractivity contribution >= 4 is 7.60 Å². The highest BCUT2D eigenvalue weighted by molar-refractivity contribution is 7.53. The third-order valence-corrected chi connectivity index (χ3v) is 5.92. The standard InChI is InChI=1S/C14H18FO3P/c1-2-11-7-5-6-10-14(11,19(16,17)18)12-8-3-4-9-13(12)15/h2-4,8-9,11H,1,5-7,10H2,(H2,16,17,18). The van der Waals surface area contributed by atoms with Crippen LogP contribution in [0.3, 0.4) is 0 Å². The maximum atomic E-state index is 14.1. The van der Waals surface area contributed by atoms with Crippen LogP contribution in [0.4, 0.5) is 4.39 Å². The predicted octanol–water partition coefficient (Wildman–Crippen LogP) is 3.57. The fraction of sp³-hybridized carbons (Fsp3) is 0.429. The Bertz CT molecular complexity index is 525. The van der Waals surface area contributed by atoms with Crippen molar-refractivity contribution in [3.05, 3.63) is 48.3 Å². The Morgan fingerprint density at radius 1 is 1.37 bits per heavy atom. The quantitative estimate of drug-likeness (QED) is 0.659. The second-order valence-electron chi connectivity index (χ2n) is 5.04. The molecule has 0 amide bonds. The molecule has 2 atom stereocenters. The normalized spacial score (nSPS) is 28.1. The lowest BCUT2D eigenvalue weighted by atomic mass is 9.74. The molecule has 0 aromatic heterocycles. The first kappa shape index (κ1) is 14.4. The number of hydrogen-bond donors (Lipinski definition) is 2. The first-order valence-corrected chi connectivity index (χ1v) is 7.98. The summed E-state index contributed by atoms with van der Waals surface area (Å²) in [5.41, 5.74) is 0.118. The summed E-state index contributed by atoms with van der Waals surface area (Å²) in [5, 5.41) is -1.46. The molecule has 19 heavy (non-hydrogen) atoms. The number of halogens is 1. The third-order valence-electron chi connectivity index (χ3n) is 4.08. The van der Waals surface area contributed by atoms with Crippen molar-refractivity contribution in [3.63, 3.8) is 0 Å². The van der Waals surface area contributed by atoms with E-state index in [0.717, 1.165) is 6.42 Å². The Morgan fingerprint density at radius 3 is 2.63 bits per heavy atom. The van der Waals surface area contributed by atoms with E-state index in [-0.39, 0.29) is 12.0 Å². The molecule has 1 fully saturated rings. The summed E-state index contributed by atoms with van der Waals surface area (Å²) in [6, 6.07) is 5.88. The lowest BCUT2D eigenvalue weighted by Gasteiger charge is -2.43. The highest BCUT2D eigenvalue weighted by atomic mass is 31.2. The second-order valence-corrected chi connectivity index (χ2v) is 6.92. The van der Waals surface area contributed by atoms with E-state index in [4.69, 9.17) is 0 Å². The minimum atomic E-state index is -4.50. The minimum Gasteiger partial charge on any atom is -0.324 e. The van der Waals surface area contributed by atoms with Gasteiger partial charge >= 0.3 is 7.60 Å². The maximum Gasteiger partial charge on any atom is 0.336 e. The maximum absolute atomic E-state index is 14.1. The van der Waals surface area contributed by atoms with Crippen LogP contribution < -0.4 is 0 Å². The molecular formula is C14H18FO3P. The van der Waals surface area contributed by atoms with E-state index in [1.165, 1.54) is 18.2 Å². The van der Waals surface area contributed by atoms with Crippen molar-refractivity contribution in [2.24, 2.45) is 5.92 Å². The molecule has 0 aliphatic heterocycles. The summed E-state index contributed by atoms with van der Waals surface area (Å²) < 4.78 is 26.2. The van der Waals surface area contributed by atoms with E-state index in [1.807, 2.05) is 0 Å². The summed E-state index contributed by atoms with van der Waals surface area (Å²) in [6.07, 6.45) is 4.04. The van der Waals surface area contributed by atoms with Crippen molar-refractivity contribution < 1.29 is 18.7 Å². The lowest BCUT2D eigenvalue weighted by Crippen LogP contribution is -2.37. The Morgan fingerprint density at radius 2 is 2.05 bits per heavy atom. The van der Waals surface area contributed by atoms with Crippen LogP contribution in [0.2, 0.25) is 0 Å². The molecule has 2 unspecified atom stereocenters. The zero-order valence-electron chi connectivity index (χ0n) is 10.6. The van der Waals surface area contributed by atoms with E-state index in [0.29, 0.717) is 12.8 Å². The summed E-state index contributed by atoms with van der Waals surface area (Å²) in [5.74, 6) is -0.960. The largest absolute Gasteiger partial charge is 0.336 e. The van der Waals surface area contributed by atoms with Gasteiger partial charge in [-0.2, -0.15) is 0 Å². The zero-order valence-corrected chi connectivity index (χ0v) is 11.5. The number of allylic oxidation sites excluding steroid dienone is 1. The molecule has 104 valence electrons. The molecular weight excluding hydrogens is 266 g/mol. The van der Waals surface area contributed by atoms with E-state index in [1.54, 1.807) is 12.1 Å². The average molecular weight is 284 g/mol. The van der Waals surface area contributed by atoms with Gasteiger partial charge in [0.05, 0.1) is 0 Å². The van der Waals surface area contributed by atoms with Crippen LogP contribution in [0.5, 0.6) is 0 Å². The van der Waals surface area contributed by atoms with E-state index < -0.39 is 24.5 Å². The molecule has 5 heteroatoms. The fourth-order valence-electron chi connectivity index (χ4n) is 3.16. The molecule has 1 aliphatic carbocycles. The Hall–Kier alpha value is -0.960. The molecule has 2 rings (SSSR count). The van der Waals surface area contributed by atoms with Crippen molar-refractivity contribution in [2.45, 2.75) is 30.8 Å².